The van der Waals surface area contributed by atoms with Crippen molar-refractivity contribution in [1.29, 1.82) is 0 Å². The Balaban J connectivity index is 4.45. The van der Waals surface area contributed by atoms with Crippen LogP contribution in [-0.4, -0.2) is 23.1 Å². The van der Waals surface area contributed by atoms with Gasteiger partial charge in [-0.25, -0.2) is 0 Å². The standard InChI is InChI=1S/C21H40O4/c1-9-11-12-13-17(4)19(23)25-21(7,8)15-14-20(5,6)24-18(22)16(3)10-2/h16-17H,9-15H2,1-8H3. The van der Waals surface area contributed by atoms with Gasteiger partial charge in [0.05, 0.1) is 11.8 Å². The predicted octanol–water partition coefficient (Wildman–Crippen LogP) is 5.67. The van der Waals surface area contributed by atoms with Gasteiger partial charge in [-0.15, -0.1) is 0 Å². The van der Waals surface area contributed by atoms with Crippen LogP contribution in [0.25, 0.3) is 0 Å². The number of hydrogen-bond acceptors (Lipinski definition) is 4. The Kier molecular flexibility index (Phi) is 10.4. The molecular formula is C21H40O4. The van der Waals surface area contributed by atoms with Crippen LogP contribution in [0.1, 0.15) is 100 Å². The first-order valence-corrected chi connectivity index (χ1v) is 9.89. The molecule has 4 nitrogen and oxygen atoms in total. The molecule has 0 saturated carbocycles. The summed E-state index contributed by atoms with van der Waals surface area (Å²) in [6.45, 7) is 15.6. The smallest absolute Gasteiger partial charge is 0.309 e. The lowest BCUT2D eigenvalue weighted by molar-refractivity contribution is -0.168. The molecule has 25 heavy (non-hydrogen) atoms. The van der Waals surface area contributed by atoms with E-state index in [0.717, 1.165) is 32.1 Å². The zero-order valence-electron chi connectivity index (χ0n) is 17.7. The van der Waals surface area contributed by atoms with Gasteiger partial charge in [-0.05, 0) is 53.4 Å². The molecule has 0 aliphatic rings. The Bertz CT molecular complexity index is 412. The molecule has 0 aromatic heterocycles. The summed E-state index contributed by atoms with van der Waals surface area (Å²) in [5, 5.41) is 0. The van der Waals surface area contributed by atoms with Crippen molar-refractivity contribution in [3.05, 3.63) is 0 Å². The quantitative estimate of drug-likeness (QED) is 0.334. The summed E-state index contributed by atoms with van der Waals surface area (Å²) in [5.74, 6) is -0.446. The van der Waals surface area contributed by atoms with Crippen LogP contribution in [0.4, 0.5) is 0 Å². The Morgan fingerprint density at radius 2 is 1.24 bits per heavy atom. The van der Waals surface area contributed by atoms with Crippen LogP contribution in [0, 0.1) is 11.8 Å². The molecule has 0 fully saturated rings. The van der Waals surface area contributed by atoms with E-state index in [-0.39, 0.29) is 23.8 Å². The highest BCUT2D eigenvalue weighted by Gasteiger charge is 2.31. The molecule has 0 heterocycles. The lowest BCUT2D eigenvalue weighted by atomic mass is 9.93. The molecule has 0 aromatic rings. The highest BCUT2D eigenvalue weighted by molar-refractivity contribution is 5.72. The number of unbranched alkanes of at least 4 members (excludes halogenated alkanes) is 2. The van der Waals surface area contributed by atoms with E-state index < -0.39 is 11.2 Å². The Hall–Kier alpha value is -1.06. The van der Waals surface area contributed by atoms with Crippen LogP contribution < -0.4 is 0 Å². The van der Waals surface area contributed by atoms with Gasteiger partial charge in [-0.1, -0.05) is 47.0 Å². The summed E-state index contributed by atoms with van der Waals surface area (Å²) in [6, 6.07) is 0. The number of hydrogen-bond donors (Lipinski definition) is 0. The summed E-state index contributed by atoms with van der Waals surface area (Å²) >= 11 is 0. The molecule has 0 saturated heterocycles. The van der Waals surface area contributed by atoms with Gasteiger partial charge in [-0.2, -0.15) is 0 Å². The van der Waals surface area contributed by atoms with Gasteiger partial charge in [0.2, 0.25) is 0 Å². The molecule has 2 atom stereocenters. The zero-order valence-corrected chi connectivity index (χ0v) is 17.7. The molecule has 148 valence electrons. The first-order chi connectivity index (χ1) is 11.4. The van der Waals surface area contributed by atoms with E-state index in [0.29, 0.717) is 12.8 Å². The maximum Gasteiger partial charge on any atom is 0.309 e. The number of rotatable bonds is 12. The molecule has 0 spiro atoms. The van der Waals surface area contributed by atoms with Crippen molar-refractivity contribution in [3.63, 3.8) is 0 Å². The number of esters is 2. The molecule has 0 aliphatic heterocycles. The van der Waals surface area contributed by atoms with E-state index in [1.165, 1.54) is 0 Å². The monoisotopic (exact) mass is 356 g/mol. The summed E-state index contributed by atoms with van der Waals surface area (Å²) in [6.07, 6.45) is 6.32. The van der Waals surface area contributed by atoms with Crippen LogP contribution >= 0.6 is 0 Å². The predicted molar refractivity (Wildman–Crippen MR) is 102 cm³/mol. The number of carbonyl (C=O) groups is 2. The minimum absolute atomic E-state index is 0.0675. The number of ether oxygens (including phenoxy) is 2. The maximum atomic E-state index is 12.3. The fourth-order valence-electron chi connectivity index (χ4n) is 2.43. The second kappa shape index (κ2) is 10.8. The van der Waals surface area contributed by atoms with Gasteiger partial charge in [-0.3, -0.25) is 9.59 Å². The normalized spacial score (nSPS) is 14.7. The second-order valence-electron chi connectivity index (χ2n) is 8.57. The minimum Gasteiger partial charge on any atom is -0.459 e. The lowest BCUT2D eigenvalue weighted by Gasteiger charge is -2.32. The van der Waals surface area contributed by atoms with Gasteiger partial charge in [0, 0.05) is 0 Å². The topological polar surface area (TPSA) is 52.6 Å². The van der Waals surface area contributed by atoms with Crippen molar-refractivity contribution < 1.29 is 19.1 Å². The van der Waals surface area contributed by atoms with Crippen LogP contribution in [0.2, 0.25) is 0 Å². The van der Waals surface area contributed by atoms with Gasteiger partial charge in [0.15, 0.2) is 0 Å². The van der Waals surface area contributed by atoms with E-state index in [4.69, 9.17) is 9.47 Å². The lowest BCUT2D eigenvalue weighted by Crippen LogP contribution is -2.36. The molecule has 0 rings (SSSR count). The van der Waals surface area contributed by atoms with E-state index in [9.17, 15) is 9.59 Å². The third-order valence-electron chi connectivity index (χ3n) is 4.74. The third kappa shape index (κ3) is 10.5. The van der Waals surface area contributed by atoms with Crippen LogP contribution in [0.5, 0.6) is 0 Å². The maximum absolute atomic E-state index is 12.3. The average molecular weight is 357 g/mol. The van der Waals surface area contributed by atoms with E-state index in [1.807, 2.05) is 48.5 Å². The first-order valence-electron chi connectivity index (χ1n) is 9.89. The highest BCUT2D eigenvalue weighted by atomic mass is 16.6. The largest absolute Gasteiger partial charge is 0.459 e. The van der Waals surface area contributed by atoms with E-state index >= 15 is 0 Å². The Labute approximate surface area is 155 Å². The van der Waals surface area contributed by atoms with Crippen molar-refractivity contribution in [3.8, 4) is 0 Å². The fourth-order valence-corrected chi connectivity index (χ4v) is 2.43. The van der Waals surface area contributed by atoms with Crippen molar-refractivity contribution >= 4 is 11.9 Å². The Morgan fingerprint density at radius 1 is 0.800 bits per heavy atom. The number of carbonyl (C=O) groups excluding carboxylic acids is 2. The SMILES string of the molecule is CCCCCC(C)C(=O)OC(C)(C)CCC(C)(C)OC(=O)C(C)CC. The van der Waals surface area contributed by atoms with E-state index in [1.54, 1.807) is 0 Å². The van der Waals surface area contributed by atoms with Crippen LogP contribution in [0.15, 0.2) is 0 Å². The molecule has 2 unspecified atom stereocenters. The molecule has 0 aromatic carbocycles. The summed E-state index contributed by atoms with van der Waals surface area (Å²) in [5.41, 5.74) is -1.12. The fraction of sp³-hybridized carbons (Fsp3) is 0.905. The van der Waals surface area contributed by atoms with Gasteiger partial charge < -0.3 is 9.47 Å². The van der Waals surface area contributed by atoms with Crippen molar-refractivity contribution in [1.82, 2.24) is 0 Å². The molecule has 0 N–H and O–H groups in total. The second-order valence-corrected chi connectivity index (χ2v) is 8.57. The molecular weight excluding hydrogens is 316 g/mol. The van der Waals surface area contributed by atoms with Gasteiger partial charge in [0.1, 0.15) is 11.2 Å². The molecule has 0 amide bonds. The summed E-state index contributed by atoms with van der Waals surface area (Å²) < 4.78 is 11.3. The first kappa shape index (κ1) is 23.9. The van der Waals surface area contributed by atoms with E-state index in [2.05, 4.69) is 6.92 Å². The third-order valence-corrected chi connectivity index (χ3v) is 4.74. The molecule has 4 heteroatoms. The Morgan fingerprint density at radius 3 is 1.64 bits per heavy atom. The molecule has 0 radical (unpaired) electrons. The molecule has 0 bridgehead atoms. The van der Waals surface area contributed by atoms with Crippen molar-refractivity contribution in [2.45, 2.75) is 112 Å². The summed E-state index contributed by atoms with van der Waals surface area (Å²) in [4.78, 5) is 24.3. The van der Waals surface area contributed by atoms with Crippen molar-refractivity contribution in [2.75, 3.05) is 0 Å². The van der Waals surface area contributed by atoms with Crippen LogP contribution in [0.3, 0.4) is 0 Å². The minimum atomic E-state index is -0.559. The zero-order chi connectivity index (χ0) is 19.7. The van der Waals surface area contributed by atoms with Gasteiger partial charge >= 0.3 is 11.9 Å². The van der Waals surface area contributed by atoms with Crippen molar-refractivity contribution in [2.24, 2.45) is 11.8 Å². The van der Waals surface area contributed by atoms with Gasteiger partial charge in [0.25, 0.3) is 0 Å². The highest BCUT2D eigenvalue weighted by Crippen LogP contribution is 2.27. The van der Waals surface area contributed by atoms with Crippen LogP contribution in [-0.2, 0) is 19.1 Å². The molecule has 0 aliphatic carbocycles. The summed E-state index contributed by atoms with van der Waals surface area (Å²) in [7, 11) is 0. The average Bonchev–Trinajstić information content (AvgIpc) is 2.51.